The number of methoxy groups -OCH3 is 1. The van der Waals surface area contributed by atoms with Gasteiger partial charge in [0, 0.05) is 25.0 Å². The summed E-state index contributed by atoms with van der Waals surface area (Å²) < 4.78 is 5.47. The van der Waals surface area contributed by atoms with Crippen molar-refractivity contribution >= 4 is 34.9 Å². The lowest BCUT2D eigenvalue weighted by Crippen LogP contribution is -2.33. The van der Waals surface area contributed by atoms with E-state index in [4.69, 9.17) is 4.74 Å². The monoisotopic (exact) mass is 436 g/mol. The first-order chi connectivity index (χ1) is 14.8. The number of thioether (sulfide) groups is 1. The van der Waals surface area contributed by atoms with E-state index in [9.17, 15) is 4.79 Å². The second-order valence-electron chi connectivity index (χ2n) is 8.14. The zero-order valence-electron chi connectivity index (χ0n) is 19.4. The van der Waals surface area contributed by atoms with Gasteiger partial charge in [-0.15, -0.1) is 11.8 Å². The van der Waals surface area contributed by atoms with E-state index in [0.717, 1.165) is 40.1 Å². The third-order valence-corrected chi connectivity index (χ3v) is 6.51. The molecule has 0 saturated heterocycles. The summed E-state index contributed by atoms with van der Waals surface area (Å²) in [5.74, 6) is 0.943. The van der Waals surface area contributed by atoms with Gasteiger partial charge in [-0.1, -0.05) is 18.2 Å². The maximum atomic E-state index is 13.0. The number of ether oxygens (including phenoxy) is 1. The molecule has 3 rings (SSSR count). The number of benzene rings is 2. The van der Waals surface area contributed by atoms with E-state index >= 15 is 0 Å². The number of fused-ring (bicyclic) bond motifs is 1. The molecule has 0 N–H and O–H groups in total. The highest BCUT2D eigenvalue weighted by Gasteiger charge is 2.26. The Hall–Kier alpha value is -2.50. The first-order valence-corrected chi connectivity index (χ1v) is 11.7. The van der Waals surface area contributed by atoms with Crippen molar-refractivity contribution in [2.45, 2.75) is 18.2 Å². The van der Waals surface area contributed by atoms with Gasteiger partial charge in [-0.2, -0.15) is 0 Å². The fourth-order valence-corrected chi connectivity index (χ4v) is 4.15. The molecule has 0 bridgehead atoms. The van der Waals surface area contributed by atoms with Crippen LogP contribution in [-0.2, 0) is 4.79 Å². The zero-order valence-corrected chi connectivity index (χ0v) is 20.2. The number of allylic oxidation sites excluding steroid dienone is 2. The van der Waals surface area contributed by atoms with Crippen LogP contribution in [0.2, 0.25) is 0 Å². The van der Waals surface area contributed by atoms with Crippen LogP contribution in [0.15, 0.2) is 52.9 Å². The minimum absolute atomic E-state index is 0.135. The first-order valence-electron chi connectivity index (χ1n) is 10.5. The Bertz CT molecular complexity index is 1010. The number of likely N-dealkylation sites (N-methyl/N-ethyl adjacent to an activating group) is 2. The standard InChI is InChI=1S/C26H32N2O2S/c1-18-23(15-19-7-10-21(31-6)11-8-19)22-12-9-20(30-5)16-25(22)24(18)17-26(29)28(4)14-13-27(2)3/h7-12,15-16H,13-14,17H2,1-6H3/b23-15-. The molecule has 31 heavy (non-hydrogen) atoms. The van der Waals surface area contributed by atoms with Crippen molar-refractivity contribution in [2.24, 2.45) is 0 Å². The van der Waals surface area contributed by atoms with Gasteiger partial charge in [-0.25, -0.2) is 0 Å². The largest absolute Gasteiger partial charge is 0.497 e. The molecular formula is C26H32N2O2S. The van der Waals surface area contributed by atoms with Crippen molar-refractivity contribution < 1.29 is 9.53 Å². The summed E-state index contributed by atoms with van der Waals surface area (Å²) >= 11 is 1.74. The Kier molecular flexibility index (Phi) is 7.63. The van der Waals surface area contributed by atoms with Gasteiger partial charge in [0.05, 0.1) is 13.5 Å². The molecule has 4 nitrogen and oxygen atoms in total. The van der Waals surface area contributed by atoms with Gasteiger partial charge in [0.15, 0.2) is 0 Å². The van der Waals surface area contributed by atoms with Crippen molar-refractivity contribution in [2.75, 3.05) is 47.6 Å². The number of amides is 1. The van der Waals surface area contributed by atoms with E-state index in [-0.39, 0.29) is 5.91 Å². The highest BCUT2D eigenvalue weighted by Crippen LogP contribution is 2.45. The quantitative estimate of drug-likeness (QED) is 0.536. The number of carbonyl (C=O) groups excluding carboxylic acids is 1. The maximum Gasteiger partial charge on any atom is 0.226 e. The molecule has 164 valence electrons. The number of nitrogens with zero attached hydrogens (tertiary/aromatic N) is 2. The number of hydrogen-bond acceptors (Lipinski definition) is 4. The number of carbonyl (C=O) groups is 1. The third-order valence-electron chi connectivity index (χ3n) is 5.76. The Morgan fingerprint density at radius 2 is 1.74 bits per heavy atom. The van der Waals surface area contributed by atoms with E-state index in [1.54, 1.807) is 18.9 Å². The van der Waals surface area contributed by atoms with Gasteiger partial charge < -0.3 is 14.5 Å². The summed E-state index contributed by atoms with van der Waals surface area (Å²) in [6.07, 6.45) is 4.69. The lowest BCUT2D eigenvalue weighted by molar-refractivity contribution is -0.128. The molecule has 0 atom stereocenters. The molecule has 0 unspecified atom stereocenters. The molecule has 0 radical (unpaired) electrons. The van der Waals surface area contributed by atoms with E-state index in [1.165, 1.54) is 10.5 Å². The van der Waals surface area contributed by atoms with E-state index in [0.29, 0.717) is 13.0 Å². The molecule has 0 heterocycles. The predicted octanol–water partition coefficient (Wildman–Crippen LogP) is 5.15. The fourth-order valence-electron chi connectivity index (χ4n) is 3.74. The smallest absolute Gasteiger partial charge is 0.226 e. The van der Waals surface area contributed by atoms with Crippen molar-refractivity contribution in [1.82, 2.24) is 9.80 Å². The van der Waals surface area contributed by atoms with Crippen LogP contribution in [-0.4, -0.2) is 63.3 Å². The molecule has 1 aliphatic carbocycles. The Morgan fingerprint density at radius 1 is 1.03 bits per heavy atom. The van der Waals surface area contributed by atoms with Crippen molar-refractivity contribution in [1.29, 1.82) is 0 Å². The molecule has 0 spiro atoms. The summed E-state index contributed by atoms with van der Waals surface area (Å²) in [4.78, 5) is 18.1. The van der Waals surface area contributed by atoms with Crippen LogP contribution in [0.3, 0.4) is 0 Å². The average Bonchev–Trinajstić information content (AvgIpc) is 3.02. The normalized spacial score (nSPS) is 14.4. The maximum absolute atomic E-state index is 13.0. The van der Waals surface area contributed by atoms with Gasteiger partial charge in [0.1, 0.15) is 5.75 Å². The van der Waals surface area contributed by atoms with Crippen LogP contribution >= 0.6 is 11.8 Å². The summed E-state index contributed by atoms with van der Waals surface area (Å²) in [6, 6.07) is 14.7. The van der Waals surface area contributed by atoms with Gasteiger partial charge in [0.25, 0.3) is 0 Å². The zero-order chi connectivity index (χ0) is 22.5. The van der Waals surface area contributed by atoms with Crippen LogP contribution in [0, 0.1) is 0 Å². The molecular weight excluding hydrogens is 404 g/mol. The molecule has 0 saturated carbocycles. The minimum Gasteiger partial charge on any atom is -0.497 e. The molecule has 0 aliphatic heterocycles. The van der Waals surface area contributed by atoms with Crippen LogP contribution in [0.25, 0.3) is 17.2 Å². The SMILES string of the molecule is COc1ccc2c(c1)C(CC(=O)N(C)CCN(C)C)=C(C)/C2=C/c1ccc(SC)cc1. The predicted molar refractivity (Wildman–Crippen MR) is 132 cm³/mol. The molecule has 2 aromatic rings. The molecule has 0 aromatic heterocycles. The molecule has 1 amide bonds. The Balaban J connectivity index is 1.96. The van der Waals surface area contributed by atoms with Crippen molar-refractivity contribution in [3.8, 4) is 5.75 Å². The number of hydrogen-bond donors (Lipinski definition) is 0. The van der Waals surface area contributed by atoms with E-state index in [1.807, 2.05) is 32.1 Å². The fraction of sp³-hybridized carbons (Fsp3) is 0.346. The van der Waals surface area contributed by atoms with E-state index in [2.05, 4.69) is 60.6 Å². The second kappa shape index (κ2) is 10.2. The van der Waals surface area contributed by atoms with Crippen LogP contribution in [0.4, 0.5) is 0 Å². The van der Waals surface area contributed by atoms with Gasteiger partial charge >= 0.3 is 0 Å². The molecule has 2 aromatic carbocycles. The summed E-state index contributed by atoms with van der Waals surface area (Å²) in [5, 5.41) is 0. The number of rotatable bonds is 8. The average molecular weight is 437 g/mol. The van der Waals surface area contributed by atoms with Crippen LogP contribution in [0.1, 0.15) is 30.0 Å². The molecule has 1 aliphatic rings. The highest BCUT2D eigenvalue weighted by molar-refractivity contribution is 7.98. The first kappa shape index (κ1) is 23.2. The van der Waals surface area contributed by atoms with Crippen LogP contribution in [0.5, 0.6) is 5.75 Å². The second-order valence-corrected chi connectivity index (χ2v) is 9.02. The van der Waals surface area contributed by atoms with Gasteiger partial charge in [-0.3, -0.25) is 4.79 Å². The molecule has 5 heteroatoms. The lowest BCUT2D eigenvalue weighted by Gasteiger charge is -2.20. The van der Waals surface area contributed by atoms with E-state index < -0.39 is 0 Å². The Labute approximate surface area is 190 Å². The third kappa shape index (κ3) is 5.41. The van der Waals surface area contributed by atoms with Gasteiger partial charge in [-0.05, 0) is 91.0 Å². The van der Waals surface area contributed by atoms with Crippen molar-refractivity contribution in [3.63, 3.8) is 0 Å². The highest BCUT2D eigenvalue weighted by atomic mass is 32.2. The van der Waals surface area contributed by atoms with Crippen LogP contribution < -0.4 is 4.74 Å². The summed E-state index contributed by atoms with van der Waals surface area (Å²) in [7, 11) is 7.60. The lowest BCUT2D eigenvalue weighted by atomic mass is 10.0. The summed E-state index contributed by atoms with van der Waals surface area (Å²) in [6.45, 7) is 3.69. The minimum atomic E-state index is 0.135. The van der Waals surface area contributed by atoms with Crippen molar-refractivity contribution in [3.05, 3.63) is 64.7 Å². The summed E-state index contributed by atoms with van der Waals surface area (Å²) in [5.41, 5.74) is 6.83. The topological polar surface area (TPSA) is 32.8 Å². The molecule has 0 fully saturated rings. The van der Waals surface area contributed by atoms with Gasteiger partial charge in [0.2, 0.25) is 5.91 Å². The Morgan fingerprint density at radius 3 is 2.35 bits per heavy atom.